The third-order valence-electron chi connectivity index (χ3n) is 2.58. The van der Waals surface area contributed by atoms with E-state index in [1.165, 1.54) is 25.3 Å². The molecule has 6 heteroatoms. The van der Waals surface area contributed by atoms with Crippen LogP contribution in [-0.2, 0) is 9.53 Å². The van der Waals surface area contributed by atoms with E-state index in [1.807, 2.05) is 0 Å². The lowest BCUT2D eigenvalue weighted by atomic mass is 10.0. The predicted octanol–water partition coefficient (Wildman–Crippen LogP) is 0.748. The molecule has 0 bridgehead atoms. The Morgan fingerprint density at radius 3 is 2.63 bits per heavy atom. The lowest BCUT2D eigenvalue weighted by Crippen LogP contribution is -2.23. The third kappa shape index (κ3) is 4.11. The number of hydrogen-bond acceptors (Lipinski definition) is 6. The molecule has 106 valence electrons. The van der Waals surface area contributed by atoms with Crippen molar-refractivity contribution >= 4 is 5.97 Å². The minimum atomic E-state index is -1.36. The normalized spacial score (nSPS) is 13.7. The summed E-state index contributed by atoms with van der Waals surface area (Å²) in [6, 6.07) is 4.13. The van der Waals surface area contributed by atoms with E-state index in [2.05, 4.69) is 4.74 Å². The van der Waals surface area contributed by atoms with Crippen LogP contribution in [0, 0.1) is 0 Å². The molecular formula is C13H18O6. The summed E-state index contributed by atoms with van der Waals surface area (Å²) < 4.78 is 9.71. The van der Waals surface area contributed by atoms with Crippen molar-refractivity contribution in [1.29, 1.82) is 0 Å². The SMILES string of the molecule is CCOC(=O)CC(O)C(O)c1cc(O)ccc1OC. The van der Waals surface area contributed by atoms with E-state index in [0.29, 0.717) is 5.75 Å². The molecule has 1 rings (SSSR count). The molecule has 2 atom stereocenters. The van der Waals surface area contributed by atoms with E-state index in [9.17, 15) is 20.1 Å². The van der Waals surface area contributed by atoms with Crippen molar-refractivity contribution in [2.75, 3.05) is 13.7 Å². The van der Waals surface area contributed by atoms with Gasteiger partial charge in [0.1, 0.15) is 17.6 Å². The zero-order valence-corrected chi connectivity index (χ0v) is 10.9. The van der Waals surface area contributed by atoms with Gasteiger partial charge in [-0.25, -0.2) is 0 Å². The van der Waals surface area contributed by atoms with Crippen LogP contribution in [0.25, 0.3) is 0 Å². The highest BCUT2D eigenvalue weighted by molar-refractivity contribution is 5.70. The van der Waals surface area contributed by atoms with Gasteiger partial charge in [-0.05, 0) is 25.1 Å². The number of aromatic hydroxyl groups is 1. The van der Waals surface area contributed by atoms with Crippen molar-refractivity contribution in [3.63, 3.8) is 0 Å². The Bertz CT molecular complexity index is 431. The summed E-state index contributed by atoms with van der Waals surface area (Å²) in [7, 11) is 1.40. The summed E-state index contributed by atoms with van der Waals surface area (Å²) in [5.74, 6) is -0.362. The van der Waals surface area contributed by atoms with E-state index in [-0.39, 0.29) is 24.3 Å². The van der Waals surface area contributed by atoms with Crippen molar-refractivity contribution in [2.45, 2.75) is 25.6 Å². The molecule has 0 heterocycles. The molecule has 0 amide bonds. The van der Waals surface area contributed by atoms with Crippen LogP contribution in [0.2, 0.25) is 0 Å². The van der Waals surface area contributed by atoms with Gasteiger partial charge in [-0.3, -0.25) is 4.79 Å². The van der Waals surface area contributed by atoms with Crippen LogP contribution in [0.4, 0.5) is 0 Å². The van der Waals surface area contributed by atoms with E-state index in [4.69, 9.17) is 4.74 Å². The lowest BCUT2D eigenvalue weighted by molar-refractivity contribution is -0.147. The van der Waals surface area contributed by atoms with Crippen LogP contribution < -0.4 is 4.74 Å². The quantitative estimate of drug-likeness (QED) is 0.660. The number of methoxy groups -OCH3 is 1. The summed E-state index contributed by atoms with van der Waals surface area (Å²) in [6.07, 6.45) is -3.03. The number of phenols is 1. The monoisotopic (exact) mass is 270 g/mol. The van der Waals surface area contributed by atoms with Gasteiger partial charge < -0.3 is 24.8 Å². The van der Waals surface area contributed by atoms with Crippen molar-refractivity contribution in [2.24, 2.45) is 0 Å². The molecule has 1 aromatic rings. The van der Waals surface area contributed by atoms with E-state index in [1.54, 1.807) is 6.92 Å². The molecule has 3 N–H and O–H groups in total. The number of ether oxygens (including phenoxy) is 2. The highest BCUT2D eigenvalue weighted by Gasteiger charge is 2.25. The van der Waals surface area contributed by atoms with Gasteiger partial charge >= 0.3 is 5.97 Å². The Kier molecular flexibility index (Phi) is 5.59. The summed E-state index contributed by atoms with van der Waals surface area (Å²) in [5, 5.41) is 29.2. The molecule has 0 aliphatic carbocycles. The van der Waals surface area contributed by atoms with Crippen LogP contribution >= 0.6 is 0 Å². The van der Waals surface area contributed by atoms with Gasteiger partial charge in [-0.1, -0.05) is 0 Å². The Morgan fingerprint density at radius 2 is 2.05 bits per heavy atom. The number of esters is 1. The molecule has 0 aromatic heterocycles. The molecule has 0 spiro atoms. The van der Waals surface area contributed by atoms with Gasteiger partial charge in [0.25, 0.3) is 0 Å². The van der Waals surface area contributed by atoms with E-state index in [0.717, 1.165) is 0 Å². The second-order valence-electron chi connectivity index (χ2n) is 3.95. The lowest BCUT2D eigenvalue weighted by Gasteiger charge is -2.19. The fraction of sp³-hybridized carbons (Fsp3) is 0.462. The number of phenolic OH excluding ortho intramolecular Hbond substituents is 1. The van der Waals surface area contributed by atoms with Crippen LogP contribution in [0.5, 0.6) is 11.5 Å². The molecule has 0 saturated heterocycles. The van der Waals surface area contributed by atoms with E-state index < -0.39 is 18.2 Å². The number of benzene rings is 1. The van der Waals surface area contributed by atoms with Crippen LogP contribution in [0.1, 0.15) is 25.0 Å². The first kappa shape index (κ1) is 15.3. The van der Waals surface area contributed by atoms with Gasteiger partial charge in [0.05, 0.1) is 26.2 Å². The average molecular weight is 270 g/mol. The second-order valence-corrected chi connectivity index (χ2v) is 3.95. The maximum Gasteiger partial charge on any atom is 0.308 e. The number of carbonyl (C=O) groups is 1. The van der Waals surface area contributed by atoms with Crippen molar-refractivity contribution < 1.29 is 29.6 Å². The summed E-state index contributed by atoms with van der Waals surface area (Å²) in [5.41, 5.74) is 0.208. The van der Waals surface area contributed by atoms with Crippen LogP contribution in [0.3, 0.4) is 0 Å². The Labute approximate surface area is 111 Å². The van der Waals surface area contributed by atoms with Gasteiger partial charge in [0.2, 0.25) is 0 Å². The topological polar surface area (TPSA) is 96.2 Å². The highest BCUT2D eigenvalue weighted by Crippen LogP contribution is 2.31. The standard InChI is InChI=1S/C13H18O6/c1-3-19-12(16)7-10(15)13(17)9-6-8(14)4-5-11(9)18-2/h4-6,10,13-15,17H,3,7H2,1-2H3. The van der Waals surface area contributed by atoms with Crippen molar-refractivity contribution in [3.05, 3.63) is 23.8 Å². The van der Waals surface area contributed by atoms with Crippen LogP contribution in [-0.4, -0.2) is 41.1 Å². The van der Waals surface area contributed by atoms with Crippen molar-refractivity contribution in [1.82, 2.24) is 0 Å². The predicted molar refractivity (Wildman–Crippen MR) is 66.9 cm³/mol. The smallest absolute Gasteiger partial charge is 0.308 e. The second kappa shape index (κ2) is 6.96. The van der Waals surface area contributed by atoms with Gasteiger partial charge in [0.15, 0.2) is 0 Å². The maximum absolute atomic E-state index is 11.2. The zero-order valence-electron chi connectivity index (χ0n) is 10.9. The van der Waals surface area contributed by atoms with Crippen LogP contribution in [0.15, 0.2) is 18.2 Å². The number of aliphatic hydroxyl groups excluding tert-OH is 2. The summed E-state index contributed by atoms with van der Waals surface area (Å²) in [6.45, 7) is 1.86. The highest BCUT2D eigenvalue weighted by atomic mass is 16.5. The molecule has 2 unspecified atom stereocenters. The fourth-order valence-corrected chi connectivity index (χ4v) is 1.66. The zero-order chi connectivity index (χ0) is 14.4. The maximum atomic E-state index is 11.2. The average Bonchev–Trinajstić information content (AvgIpc) is 2.37. The molecular weight excluding hydrogens is 252 g/mol. The van der Waals surface area contributed by atoms with E-state index >= 15 is 0 Å². The number of hydrogen-bond donors (Lipinski definition) is 3. The number of aliphatic hydroxyl groups is 2. The third-order valence-corrected chi connectivity index (χ3v) is 2.58. The van der Waals surface area contributed by atoms with Gasteiger partial charge in [-0.2, -0.15) is 0 Å². The molecule has 0 fully saturated rings. The number of carbonyl (C=O) groups excluding carboxylic acids is 1. The largest absolute Gasteiger partial charge is 0.508 e. The molecule has 0 aliphatic rings. The first-order valence-electron chi connectivity index (χ1n) is 5.88. The molecule has 6 nitrogen and oxygen atoms in total. The molecule has 0 aliphatic heterocycles. The molecule has 19 heavy (non-hydrogen) atoms. The van der Waals surface area contributed by atoms with Gasteiger partial charge in [-0.15, -0.1) is 0 Å². The minimum Gasteiger partial charge on any atom is -0.508 e. The Balaban J connectivity index is 2.83. The Hall–Kier alpha value is -1.79. The molecule has 0 radical (unpaired) electrons. The first-order valence-corrected chi connectivity index (χ1v) is 5.88. The first-order chi connectivity index (χ1) is 8.99. The molecule has 1 aromatic carbocycles. The Morgan fingerprint density at radius 1 is 1.37 bits per heavy atom. The minimum absolute atomic E-state index is 0.0711. The molecule has 0 saturated carbocycles. The van der Waals surface area contributed by atoms with Gasteiger partial charge in [0, 0.05) is 5.56 Å². The number of rotatable bonds is 6. The van der Waals surface area contributed by atoms with Crippen molar-refractivity contribution in [3.8, 4) is 11.5 Å². The summed E-state index contributed by atoms with van der Waals surface area (Å²) >= 11 is 0. The summed E-state index contributed by atoms with van der Waals surface area (Å²) in [4.78, 5) is 11.2. The fourth-order valence-electron chi connectivity index (χ4n) is 1.66.